The minimum Gasteiger partial charge on any atom is -0.496 e. The summed E-state index contributed by atoms with van der Waals surface area (Å²) in [5.41, 5.74) is -4.74. The molecular weight excluding hydrogens is 311 g/mol. The summed E-state index contributed by atoms with van der Waals surface area (Å²) in [5, 5.41) is 0.150. The standard InChI is InChI=1S/C12H10F3NO4S/c1-18-7-3-4-9(19-2)11-10(7)8(5-6-16-11)20-21(17)12(13,14)15/h3-6H,1-2H3. The van der Waals surface area contributed by atoms with Gasteiger partial charge < -0.3 is 13.7 Å². The van der Waals surface area contributed by atoms with E-state index in [4.69, 9.17) is 9.47 Å². The number of aromatic nitrogens is 1. The molecule has 5 nitrogen and oxygen atoms in total. The lowest BCUT2D eigenvalue weighted by molar-refractivity contribution is -0.0437. The second kappa shape index (κ2) is 5.76. The minimum absolute atomic E-state index is 0.150. The maximum Gasteiger partial charge on any atom is 0.508 e. The van der Waals surface area contributed by atoms with Crippen LogP contribution in [0.4, 0.5) is 13.2 Å². The summed E-state index contributed by atoms with van der Waals surface area (Å²) in [5.74, 6) is 0.300. The van der Waals surface area contributed by atoms with Crippen molar-refractivity contribution in [1.29, 1.82) is 0 Å². The Morgan fingerprint density at radius 3 is 2.24 bits per heavy atom. The van der Waals surface area contributed by atoms with E-state index in [2.05, 4.69) is 9.17 Å². The molecule has 2 aromatic rings. The van der Waals surface area contributed by atoms with Crippen molar-refractivity contribution in [2.75, 3.05) is 14.2 Å². The quantitative estimate of drug-likeness (QED) is 0.867. The molecule has 0 saturated heterocycles. The van der Waals surface area contributed by atoms with Crippen LogP contribution in [-0.4, -0.2) is 28.9 Å². The predicted molar refractivity (Wildman–Crippen MR) is 69.7 cm³/mol. The van der Waals surface area contributed by atoms with Crippen molar-refractivity contribution < 1.29 is 31.0 Å². The van der Waals surface area contributed by atoms with Gasteiger partial charge in [0.05, 0.1) is 19.6 Å². The van der Waals surface area contributed by atoms with Crippen LogP contribution in [0, 0.1) is 0 Å². The van der Waals surface area contributed by atoms with E-state index in [1.165, 1.54) is 32.5 Å². The van der Waals surface area contributed by atoms with Gasteiger partial charge in [-0.15, -0.1) is 0 Å². The number of rotatable bonds is 4. The zero-order valence-corrected chi connectivity index (χ0v) is 11.7. The molecule has 9 heteroatoms. The Balaban J connectivity index is 2.61. The Bertz CT molecular complexity index is 690. The molecule has 0 saturated carbocycles. The summed E-state index contributed by atoms with van der Waals surface area (Å²) in [6, 6.07) is 4.22. The molecule has 0 amide bonds. The third-order valence-corrected chi connectivity index (χ3v) is 3.28. The van der Waals surface area contributed by atoms with Crippen LogP contribution in [0.15, 0.2) is 24.4 Å². The highest BCUT2D eigenvalue weighted by molar-refractivity contribution is 7.81. The first-order valence-corrected chi connectivity index (χ1v) is 6.62. The van der Waals surface area contributed by atoms with Crippen LogP contribution in [0.2, 0.25) is 0 Å². The van der Waals surface area contributed by atoms with Crippen molar-refractivity contribution in [2.45, 2.75) is 5.51 Å². The summed E-state index contributed by atoms with van der Waals surface area (Å²) in [4.78, 5) is 4.03. The monoisotopic (exact) mass is 321 g/mol. The molecule has 2 rings (SSSR count). The Kier molecular flexibility index (Phi) is 4.21. The van der Waals surface area contributed by atoms with E-state index in [1.54, 1.807) is 6.07 Å². The van der Waals surface area contributed by atoms with Gasteiger partial charge in [0.1, 0.15) is 17.0 Å². The van der Waals surface area contributed by atoms with E-state index < -0.39 is 16.6 Å². The first kappa shape index (κ1) is 15.4. The average molecular weight is 321 g/mol. The summed E-state index contributed by atoms with van der Waals surface area (Å²) >= 11 is -3.49. The summed E-state index contributed by atoms with van der Waals surface area (Å²) in [6.45, 7) is 0. The summed E-state index contributed by atoms with van der Waals surface area (Å²) in [6.07, 6.45) is 1.23. The number of hydrogen-bond acceptors (Lipinski definition) is 5. The molecule has 1 heterocycles. The summed E-state index contributed by atoms with van der Waals surface area (Å²) in [7, 11) is 2.74. The molecule has 0 aliphatic heterocycles. The van der Waals surface area contributed by atoms with Crippen LogP contribution in [0.5, 0.6) is 17.2 Å². The minimum atomic E-state index is -4.98. The third-order valence-electron chi connectivity index (χ3n) is 2.57. The van der Waals surface area contributed by atoms with E-state index in [1.807, 2.05) is 0 Å². The Morgan fingerprint density at radius 2 is 1.67 bits per heavy atom. The SMILES string of the molecule is COc1ccc(OC)c2c(OS(=O)C(F)(F)F)ccnc12. The fourth-order valence-corrected chi connectivity index (χ4v) is 2.11. The van der Waals surface area contributed by atoms with E-state index >= 15 is 0 Å². The Morgan fingerprint density at radius 1 is 1.05 bits per heavy atom. The fraction of sp³-hybridized carbons (Fsp3) is 0.250. The average Bonchev–Trinajstić information content (AvgIpc) is 2.45. The van der Waals surface area contributed by atoms with Gasteiger partial charge >= 0.3 is 16.6 Å². The maximum absolute atomic E-state index is 12.4. The number of benzene rings is 1. The van der Waals surface area contributed by atoms with Crippen molar-refractivity contribution >= 4 is 22.0 Å². The lowest BCUT2D eigenvalue weighted by Gasteiger charge is -2.13. The number of fused-ring (bicyclic) bond motifs is 1. The third kappa shape index (κ3) is 3.02. The molecule has 1 atom stereocenters. The Hall–Kier alpha value is -2.03. The van der Waals surface area contributed by atoms with Crippen LogP contribution in [0.25, 0.3) is 10.9 Å². The number of halogens is 3. The van der Waals surface area contributed by atoms with Gasteiger partial charge in [0, 0.05) is 12.3 Å². The molecule has 0 radical (unpaired) electrons. The first-order chi connectivity index (χ1) is 9.88. The first-order valence-electron chi connectivity index (χ1n) is 5.55. The van der Waals surface area contributed by atoms with Gasteiger partial charge in [-0.3, -0.25) is 4.98 Å². The fourth-order valence-electron chi connectivity index (χ4n) is 1.72. The van der Waals surface area contributed by atoms with Crippen molar-refractivity contribution in [3.63, 3.8) is 0 Å². The lowest BCUT2D eigenvalue weighted by atomic mass is 10.1. The zero-order valence-electron chi connectivity index (χ0n) is 10.9. The number of alkyl halides is 3. The highest BCUT2D eigenvalue weighted by Gasteiger charge is 2.40. The van der Waals surface area contributed by atoms with Gasteiger partial charge in [-0.05, 0) is 12.1 Å². The molecular formula is C12H10F3NO4S. The van der Waals surface area contributed by atoms with Crippen molar-refractivity contribution in [1.82, 2.24) is 4.98 Å². The van der Waals surface area contributed by atoms with Gasteiger partial charge in [-0.1, -0.05) is 0 Å². The molecule has 1 unspecified atom stereocenters. The Labute approximate surface area is 120 Å². The number of nitrogens with zero attached hydrogens (tertiary/aromatic N) is 1. The van der Waals surface area contributed by atoms with Crippen LogP contribution in [0.1, 0.15) is 0 Å². The molecule has 21 heavy (non-hydrogen) atoms. The van der Waals surface area contributed by atoms with Gasteiger partial charge in [-0.2, -0.15) is 13.2 Å². The molecule has 1 aromatic carbocycles. The number of hydrogen-bond donors (Lipinski definition) is 0. The van der Waals surface area contributed by atoms with E-state index in [-0.39, 0.29) is 22.4 Å². The largest absolute Gasteiger partial charge is 0.508 e. The number of ether oxygens (including phenoxy) is 2. The molecule has 0 spiro atoms. The molecule has 1 aromatic heterocycles. The molecule has 0 bridgehead atoms. The van der Waals surface area contributed by atoms with Crippen molar-refractivity contribution in [3.8, 4) is 17.2 Å². The van der Waals surface area contributed by atoms with Crippen LogP contribution < -0.4 is 13.7 Å². The van der Waals surface area contributed by atoms with E-state index in [0.717, 1.165) is 0 Å². The lowest BCUT2D eigenvalue weighted by Crippen LogP contribution is -2.21. The number of methoxy groups -OCH3 is 2. The second-order valence-corrected chi connectivity index (χ2v) is 4.87. The molecule has 0 fully saturated rings. The highest BCUT2D eigenvalue weighted by atomic mass is 32.2. The topological polar surface area (TPSA) is 57.7 Å². The van der Waals surface area contributed by atoms with Gasteiger partial charge in [0.15, 0.2) is 5.75 Å². The maximum atomic E-state index is 12.4. The molecule has 114 valence electrons. The van der Waals surface area contributed by atoms with Gasteiger partial charge in [0.2, 0.25) is 0 Å². The van der Waals surface area contributed by atoms with Gasteiger partial charge in [-0.25, -0.2) is 4.21 Å². The highest BCUT2D eigenvalue weighted by Crippen LogP contribution is 2.38. The van der Waals surface area contributed by atoms with Crippen molar-refractivity contribution in [2.24, 2.45) is 0 Å². The second-order valence-electron chi connectivity index (χ2n) is 3.77. The van der Waals surface area contributed by atoms with Crippen molar-refractivity contribution in [3.05, 3.63) is 24.4 Å². The molecule has 0 aliphatic carbocycles. The summed E-state index contributed by atoms with van der Waals surface area (Å²) < 4.78 is 62.9. The van der Waals surface area contributed by atoms with E-state index in [0.29, 0.717) is 5.75 Å². The number of pyridine rings is 1. The van der Waals surface area contributed by atoms with Crippen LogP contribution in [0.3, 0.4) is 0 Å². The normalized spacial score (nSPS) is 13.0. The molecule has 0 aliphatic rings. The zero-order chi connectivity index (χ0) is 15.6. The van der Waals surface area contributed by atoms with Crippen LogP contribution in [-0.2, 0) is 11.1 Å². The molecule has 0 N–H and O–H groups in total. The van der Waals surface area contributed by atoms with E-state index in [9.17, 15) is 17.4 Å². The van der Waals surface area contributed by atoms with Crippen LogP contribution >= 0.6 is 0 Å². The predicted octanol–water partition coefficient (Wildman–Crippen LogP) is 2.81. The van der Waals surface area contributed by atoms with Gasteiger partial charge in [0.25, 0.3) is 0 Å². The smallest absolute Gasteiger partial charge is 0.496 e.